The van der Waals surface area contributed by atoms with Crippen molar-refractivity contribution in [1.29, 1.82) is 0 Å². The lowest BCUT2D eigenvalue weighted by molar-refractivity contribution is -0.274. The van der Waals surface area contributed by atoms with E-state index in [1.807, 2.05) is 25.1 Å². The van der Waals surface area contributed by atoms with E-state index in [0.717, 1.165) is 5.56 Å². The summed E-state index contributed by atoms with van der Waals surface area (Å²) in [5, 5.41) is 2.83. The van der Waals surface area contributed by atoms with Gasteiger partial charge >= 0.3 is 12.4 Å². The molecule has 0 saturated carbocycles. The van der Waals surface area contributed by atoms with Crippen molar-refractivity contribution in [2.24, 2.45) is 0 Å². The summed E-state index contributed by atoms with van der Waals surface area (Å²) in [4.78, 5) is 28.0. The van der Waals surface area contributed by atoms with Crippen molar-refractivity contribution in [2.75, 3.05) is 31.5 Å². The number of alkyl halides is 3. The van der Waals surface area contributed by atoms with E-state index in [4.69, 9.17) is 0 Å². The number of urea groups is 1. The van der Waals surface area contributed by atoms with Gasteiger partial charge in [-0.2, -0.15) is 0 Å². The SMILES string of the molecule is Cc1cccc(NC(=O)N2CCN(C(=O)/C=C\c3ccccc3OC(F)(F)F)CC2)c1. The first-order chi connectivity index (χ1) is 14.7. The quantitative estimate of drug-likeness (QED) is 0.732. The Morgan fingerprint density at radius 2 is 1.68 bits per heavy atom. The summed E-state index contributed by atoms with van der Waals surface area (Å²) in [7, 11) is 0. The Kier molecular flexibility index (Phi) is 6.84. The molecule has 0 spiro atoms. The molecule has 31 heavy (non-hydrogen) atoms. The standard InChI is InChI=1S/C22H22F3N3O3/c1-16-5-4-7-18(15-16)26-21(30)28-13-11-27(12-14-28)20(29)10-9-17-6-2-3-8-19(17)31-22(23,24)25/h2-10,15H,11-14H2,1H3,(H,26,30)/b10-9-. The summed E-state index contributed by atoms with van der Waals surface area (Å²) < 4.78 is 41.5. The molecular weight excluding hydrogens is 411 g/mol. The minimum atomic E-state index is -4.82. The third-order valence-corrected chi connectivity index (χ3v) is 4.70. The lowest BCUT2D eigenvalue weighted by Gasteiger charge is -2.34. The Morgan fingerprint density at radius 1 is 1.00 bits per heavy atom. The largest absolute Gasteiger partial charge is 0.573 e. The second-order valence-electron chi connectivity index (χ2n) is 7.03. The zero-order chi connectivity index (χ0) is 22.4. The van der Waals surface area contributed by atoms with Crippen molar-refractivity contribution < 1.29 is 27.5 Å². The highest BCUT2D eigenvalue weighted by atomic mass is 19.4. The van der Waals surface area contributed by atoms with Crippen LogP contribution in [-0.4, -0.2) is 54.3 Å². The number of hydrogen-bond acceptors (Lipinski definition) is 3. The monoisotopic (exact) mass is 433 g/mol. The summed E-state index contributed by atoms with van der Waals surface area (Å²) in [5.74, 6) is -0.725. The highest BCUT2D eigenvalue weighted by Gasteiger charge is 2.31. The summed E-state index contributed by atoms with van der Waals surface area (Å²) in [6.45, 7) is 3.29. The number of nitrogens with zero attached hydrogens (tertiary/aromatic N) is 2. The topological polar surface area (TPSA) is 61.9 Å². The van der Waals surface area contributed by atoms with E-state index in [9.17, 15) is 22.8 Å². The van der Waals surface area contributed by atoms with Gasteiger partial charge < -0.3 is 19.9 Å². The van der Waals surface area contributed by atoms with E-state index < -0.39 is 6.36 Å². The summed E-state index contributed by atoms with van der Waals surface area (Å²) in [5.41, 5.74) is 1.87. The number of rotatable bonds is 4. The fourth-order valence-electron chi connectivity index (χ4n) is 3.16. The van der Waals surface area contributed by atoms with Crippen molar-refractivity contribution in [1.82, 2.24) is 9.80 Å². The second-order valence-corrected chi connectivity index (χ2v) is 7.03. The van der Waals surface area contributed by atoms with Gasteiger partial charge in [0.2, 0.25) is 5.91 Å². The molecule has 3 amide bonds. The molecule has 1 aliphatic rings. The maximum absolute atomic E-state index is 12.5. The summed E-state index contributed by atoms with van der Waals surface area (Å²) in [6, 6.07) is 12.8. The first-order valence-electron chi connectivity index (χ1n) is 9.65. The molecule has 0 bridgehead atoms. The van der Waals surface area contributed by atoms with Gasteiger partial charge in [0.15, 0.2) is 0 Å². The predicted molar refractivity (Wildman–Crippen MR) is 111 cm³/mol. The Labute approximate surface area is 177 Å². The first-order valence-corrected chi connectivity index (χ1v) is 9.65. The third-order valence-electron chi connectivity index (χ3n) is 4.70. The molecule has 0 aromatic heterocycles. The Hall–Kier alpha value is -3.49. The molecule has 3 rings (SSSR count). The predicted octanol–water partition coefficient (Wildman–Crippen LogP) is 4.28. The molecule has 1 aliphatic heterocycles. The van der Waals surface area contributed by atoms with Gasteiger partial charge in [-0.15, -0.1) is 13.2 Å². The molecular formula is C22H22F3N3O3. The van der Waals surface area contributed by atoms with Crippen LogP contribution in [0.5, 0.6) is 5.75 Å². The molecule has 9 heteroatoms. The molecule has 164 valence electrons. The zero-order valence-corrected chi connectivity index (χ0v) is 16.9. The van der Waals surface area contributed by atoms with E-state index in [1.54, 1.807) is 21.9 Å². The maximum atomic E-state index is 12.5. The maximum Gasteiger partial charge on any atom is 0.573 e. The minimum absolute atomic E-state index is 0.143. The number of carbonyl (C=O) groups excluding carboxylic acids is 2. The van der Waals surface area contributed by atoms with Gasteiger partial charge in [0.25, 0.3) is 0 Å². The fourth-order valence-corrected chi connectivity index (χ4v) is 3.16. The van der Waals surface area contributed by atoms with Crippen molar-refractivity contribution in [2.45, 2.75) is 13.3 Å². The number of benzene rings is 2. The van der Waals surface area contributed by atoms with E-state index in [2.05, 4.69) is 10.1 Å². The smallest absolute Gasteiger partial charge is 0.405 e. The first kappa shape index (κ1) is 22.2. The van der Waals surface area contributed by atoms with Crippen LogP contribution in [0, 0.1) is 6.92 Å². The van der Waals surface area contributed by atoms with Crippen molar-refractivity contribution in [3.8, 4) is 5.75 Å². The van der Waals surface area contributed by atoms with E-state index >= 15 is 0 Å². The lowest BCUT2D eigenvalue weighted by atomic mass is 10.2. The lowest BCUT2D eigenvalue weighted by Crippen LogP contribution is -2.51. The van der Waals surface area contributed by atoms with Gasteiger partial charge in [0.1, 0.15) is 5.75 Å². The second kappa shape index (κ2) is 9.55. The van der Waals surface area contributed by atoms with Gasteiger partial charge in [-0.25, -0.2) is 4.79 Å². The molecule has 1 heterocycles. The van der Waals surface area contributed by atoms with Crippen molar-refractivity contribution >= 4 is 23.7 Å². The molecule has 0 atom stereocenters. The van der Waals surface area contributed by atoms with Crippen molar-refractivity contribution in [3.05, 3.63) is 65.7 Å². The Morgan fingerprint density at radius 3 is 2.35 bits per heavy atom. The number of nitrogens with one attached hydrogen (secondary N) is 1. The van der Waals surface area contributed by atoms with Gasteiger partial charge in [0, 0.05) is 43.5 Å². The van der Waals surface area contributed by atoms with Crippen LogP contribution in [0.2, 0.25) is 0 Å². The van der Waals surface area contributed by atoms with Crippen LogP contribution in [-0.2, 0) is 4.79 Å². The van der Waals surface area contributed by atoms with Crippen LogP contribution in [0.3, 0.4) is 0 Å². The number of para-hydroxylation sites is 1. The van der Waals surface area contributed by atoms with Crippen LogP contribution in [0.25, 0.3) is 6.08 Å². The molecule has 0 unspecified atom stereocenters. The van der Waals surface area contributed by atoms with Gasteiger partial charge in [-0.05, 0) is 36.8 Å². The number of amides is 3. The van der Waals surface area contributed by atoms with Crippen LogP contribution in [0.1, 0.15) is 11.1 Å². The number of carbonyl (C=O) groups is 2. The number of hydrogen-bond donors (Lipinski definition) is 1. The molecule has 1 N–H and O–H groups in total. The van der Waals surface area contributed by atoms with Crippen LogP contribution in [0.15, 0.2) is 54.6 Å². The van der Waals surface area contributed by atoms with E-state index in [-0.39, 0.29) is 23.3 Å². The van der Waals surface area contributed by atoms with E-state index in [0.29, 0.717) is 31.9 Å². The molecule has 1 saturated heterocycles. The summed E-state index contributed by atoms with van der Waals surface area (Å²) >= 11 is 0. The molecule has 1 fully saturated rings. The summed E-state index contributed by atoms with van der Waals surface area (Å²) in [6.07, 6.45) is -2.31. The van der Waals surface area contributed by atoms with Gasteiger partial charge in [0.05, 0.1) is 0 Å². The third kappa shape index (κ3) is 6.50. The molecule has 2 aromatic rings. The molecule has 2 aromatic carbocycles. The average molecular weight is 433 g/mol. The number of aryl methyl sites for hydroxylation is 1. The Balaban J connectivity index is 1.54. The highest BCUT2D eigenvalue weighted by molar-refractivity contribution is 5.93. The molecule has 0 aliphatic carbocycles. The number of piperazine rings is 1. The van der Waals surface area contributed by atoms with E-state index in [1.165, 1.54) is 30.4 Å². The fraction of sp³-hybridized carbons (Fsp3) is 0.273. The number of halogens is 3. The van der Waals surface area contributed by atoms with Crippen molar-refractivity contribution in [3.63, 3.8) is 0 Å². The minimum Gasteiger partial charge on any atom is -0.405 e. The molecule has 0 radical (unpaired) electrons. The normalized spacial score (nSPS) is 14.6. The Bertz CT molecular complexity index is 968. The number of anilines is 1. The van der Waals surface area contributed by atoms with Gasteiger partial charge in [-0.3, -0.25) is 4.79 Å². The highest BCUT2D eigenvalue weighted by Crippen LogP contribution is 2.27. The average Bonchev–Trinajstić information content (AvgIpc) is 2.72. The van der Waals surface area contributed by atoms with Crippen LogP contribution in [0.4, 0.5) is 23.7 Å². The van der Waals surface area contributed by atoms with Gasteiger partial charge in [-0.1, -0.05) is 30.3 Å². The van der Waals surface area contributed by atoms with Crippen LogP contribution >= 0.6 is 0 Å². The number of ether oxygens (including phenoxy) is 1. The molecule has 6 nitrogen and oxygen atoms in total. The van der Waals surface area contributed by atoms with Crippen LogP contribution < -0.4 is 10.1 Å². The zero-order valence-electron chi connectivity index (χ0n) is 16.9.